The molecular formula is C42H65N5O7. The van der Waals surface area contributed by atoms with Gasteiger partial charge in [-0.3, -0.25) is 33.7 Å². The van der Waals surface area contributed by atoms with Crippen molar-refractivity contribution in [2.45, 2.75) is 162 Å². The molecule has 0 aromatic heterocycles. The predicted molar refractivity (Wildman–Crippen MR) is 202 cm³/mol. The maximum Gasteiger partial charge on any atom is 0.315 e. The second-order valence-corrected chi connectivity index (χ2v) is 20.3. The van der Waals surface area contributed by atoms with Crippen LogP contribution in [0, 0.1) is 45.3 Å². The summed E-state index contributed by atoms with van der Waals surface area (Å²) < 4.78 is 0. The summed E-state index contributed by atoms with van der Waals surface area (Å²) in [6.45, 7) is 12.2. The Morgan fingerprint density at radius 1 is 0.852 bits per heavy atom. The van der Waals surface area contributed by atoms with Crippen LogP contribution in [0.4, 0.5) is 4.79 Å². The normalized spacial score (nSPS) is 28.8. The van der Waals surface area contributed by atoms with Crippen LogP contribution in [-0.4, -0.2) is 82.2 Å². The molecule has 1 unspecified atom stereocenters. The van der Waals surface area contributed by atoms with E-state index in [9.17, 15) is 28.8 Å². The van der Waals surface area contributed by atoms with Crippen LogP contribution in [0.15, 0.2) is 0 Å². The number of primary amides is 1. The molecule has 6 rings (SSSR count). The highest BCUT2D eigenvalue weighted by molar-refractivity contribution is 6.36. The van der Waals surface area contributed by atoms with E-state index < -0.39 is 58.0 Å². The molecule has 2 heterocycles. The average Bonchev–Trinajstić information content (AvgIpc) is 3.62. The first-order valence-electron chi connectivity index (χ1n) is 20.8. The number of amides is 6. The van der Waals surface area contributed by atoms with Crippen LogP contribution in [0.2, 0.25) is 0 Å². The molecule has 0 aromatic rings. The number of carbonyl (C=O) groups is 7. The summed E-state index contributed by atoms with van der Waals surface area (Å²) >= 11 is 0. The van der Waals surface area contributed by atoms with E-state index in [0.29, 0.717) is 13.0 Å². The molecule has 6 atom stereocenters. The number of hydrogen-bond donors (Lipinski definition) is 3. The third kappa shape index (κ3) is 8.27. The molecule has 300 valence electrons. The Labute approximate surface area is 321 Å². The predicted octanol–water partition coefficient (Wildman–Crippen LogP) is 5.05. The Hall–Kier alpha value is -3.31. The Kier molecular flexibility index (Phi) is 11.2. The molecule has 2 saturated heterocycles. The maximum atomic E-state index is 15.2. The first-order valence-corrected chi connectivity index (χ1v) is 20.8. The van der Waals surface area contributed by atoms with E-state index >= 15 is 4.79 Å². The summed E-state index contributed by atoms with van der Waals surface area (Å²) in [5, 5.41) is 6.16. The number of piperidine rings is 1. The second kappa shape index (κ2) is 15.0. The van der Waals surface area contributed by atoms with Crippen molar-refractivity contribution >= 4 is 41.2 Å². The minimum Gasteiger partial charge on any atom is -0.363 e. The van der Waals surface area contributed by atoms with E-state index in [2.05, 4.69) is 17.6 Å². The van der Waals surface area contributed by atoms with Crippen LogP contribution in [0.5, 0.6) is 0 Å². The van der Waals surface area contributed by atoms with Gasteiger partial charge in [-0.1, -0.05) is 80.1 Å². The van der Waals surface area contributed by atoms with Crippen molar-refractivity contribution in [3.05, 3.63) is 0 Å². The fourth-order valence-electron chi connectivity index (χ4n) is 10.8. The van der Waals surface area contributed by atoms with E-state index in [-0.39, 0.29) is 72.5 Å². The van der Waals surface area contributed by atoms with Crippen LogP contribution in [0.1, 0.15) is 144 Å². The monoisotopic (exact) mass is 751 g/mol. The number of Topliss-reactive ketones (excluding diaryl/α,β-unsaturated/α-hetero) is 2. The van der Waals surface area contributed by atoms with Crippen LogP contribution in [-0.2, 0) is 28.8 Å². The second-order valence-electron chi connectivity index (χ2n) is 20.3. The highest BCUT2D eigenvalue weighted by Gasteiger charge is 2.64. The van der Waals surface area contributed by atoms with Gasteiger partial charge in [0.25, 0.3) is 5.91 Å². The summed E-state index contributed by atoms with van der Waals surface area (Å²) in [5.74, 6) is -3.05. The lowest BCUT2D eigenvalue weighted by Gasteiger charge is -2.43. The molecule has 0 bridgehead atoms. The van der Waals surface area contributed by atoms with E-state index in [0.717, 1.165) is 77.0 Å². The molecule has 54 heavy (non-hydrogen) atoms. The maximum absolute atomic E-state index is 15.2. The van der Waals surface area contributed by atoms with Gasteiger partial charge in [-0.05, 0) is 84.4 Å². The molecule has 12 heteroatoms. The molecule has 4 N–H and O–H groups in total. The summed E-state index contributed by atoms with van der Waals surface area (Å²) in [7, 11) is 0. The Balaban J connectivity index is 1.25. The molecule has 6 aliphatic rings. The van der Waals surface area contributed by atoms with Crippen molar-refractivity contribution < 1.29 is 33.6 Å². The quantitative estimate of drug-likeness (QED) is 0.174. The molecule has 0 aromatic carbocycles. The molecule has 1 spiro atoms. The van der Waals surface area contributed by atoms with Gasteiger partial charge in [-0.25, -0.2) is 4.79 Å². The number of likely N-dealkylation sites (tertiary alicyclic amines) is 2. The topological polar surface area (TPSA) is 176 Å². The Morgan fingerprint density at radius 2 is 1.48 bits per heavy atom. The van der Waals surface area contributed by atoms with Crippen molar-refractivity contribution in [1.29, 1.82) is 0 Å². The molecule has 6 amide bonds. The molecular weight excluding hydrogens is 686 g/mol. The summed E-state index contributed by atoms with van der Waals surface area (Å²) in [6.07, 6.45) is 12.2. The zero-order valence-corrected chi connectivity index (χ0v) is 33.6. The van der Waals surface area contributed by atoms with E-state index in [4.69, 9.17) is 5.73 Å². The molecule has 0 radical (unpaired) electrons. The third-order valence-corrected chi connectivity index (χ3v) is 14.6. The van der Waals surface area contributed by atoms with Crippen LogP contribution in [0.3, 0.4) is 0 Å². The zero-order chi connectivity index (χ0) is 39.4. The number of fused-ring (bicyclic) bond motifs is 2. The lowest BCUT2D eigenvalue weighted by atomic mass is 9.70. The number of carbonyl (C=O) groups excluding carboxylic acids is 7. The van der Waals surface area contributed by atoms with Gasteiger partial charge in [0.15, 0.2) is 5.78 Å². The molecule has 4 aliphatic carbocycles. The number of ketones is 2. The highest BCUT2D eigenvalue weighted by Crippen LogP contribution is 2.66. The van der Waals surface area contributed by atoms with E-state index in [1.165, 1.54) is 4.90 Å². The number of urea groups is 1. The van der Waals surface area contributed by atoms with E-state index in [1.807, 2.05) is 34.6 Å². The van der Waals surface area contributed by atoms with Crippen LogP contribution < -0.4 is 16.4 Å². The van der Waals surface area contributed by atoms with Gasteiger partial charge in [0.2, 0.25) is 23.5 Å². The van der Waals surface area contributed by atoms with Gasteiger partial charge in [-0.2, -0.15) is 0 Å². The SMILES string of the molecule is CC1(C)CC(=O)N(C[C@@H](NC(=O)N[C@H](C(=O)N2C[C@H]3[C@H](CCC34CC4)[C@H]2C(=O)CC(CC2CCC2)C(=O)C(N)=O)C2(C)CCCCC2)C(C)(C)C)C(=O)C1. The summed E-state index contributed by atoms with van der Waals surface area (Å²) in [4.78, 5) is 98.2. The average molecular weight is 752 g/mol. The first kappa shape index (κ1) is 40.4. The van der Waals surface area contributed by atoms with Crippen molar-refractivity contribution in [2.75, 3.05) is 13.1 Å². The molecule has 2 aliphatic heterocycles. The number of rotatable bonds is 13. The minimum atomic E-state index is -1.02. The van der Waals surface area contributed by atoms with Gasteiger partial charge < -0.3 is 21.3 Å². The Bertz CT molecular complexity index is 1510. The number of nitrogens with one attached hydrogen (secondary N) is 2. The third-order valence-electron chi connectivity index (χ3n) is 14.6. The van der Waals surface area contributed by atoms with Gasteiger partial charge >= 0.3 is 6.03 Å². The number of hydrogen-bond acceptors (Lipinski definition) is 7. The van der Waals surface area contributed by atoms with Gasteiger partial charge in [0.05, 0.1) is 12.1 Å². The van der Waals surface area contributed by atoms with Crippen molar-refractivity contribution in [2.24, 2.45) is 51.1 Å². The number of imide groups is 1. The minimum absolute atomic E-state index is 0.0273. The van der Waals surface area contributed by atoms with E-state index in [1.54, 1.807) is 4.90 Å². The zero-order valence-electron chi connectivity index (χ0n) is 33.6. The summed E-state index contributed by atoms with van der Waals surface area (Å²) in [5.41, 5.74) is 4.11. The standard InChI is InChI=1S/C42H65N5O7/c1-39(2,3)30(24-46-31(49)21-40(4,5)22-32(46)50)44-38(54)45-35(41(6)14-8-7-9-15-41)37(53)47-23-28-27(13-16-42(28)17-18-42)33(47)29(48)20-26(34(51)36(43)52)19-25-11-10-12-25/h25-28,30,33,35H,7-24H2,1-6H3,(H2,43,52)(H2,44,45,54)/t26?,27-,28-,30+,33-,35+/m0/s1. The van der Waals surface area contributed by atoms with Crippen molar-refractivity contribution in [3.63, 3.8) is 0 Å². The van der Waals surface area contributed by atoms with Crippen molar-refractivity contribution in [3.8, 4) is 0 Å². The van der Waals surface area contributed by atoms with Crippen LogP contribution in [0.25, 0.3) is 0 Å². The smallest absolute Gasteiger partial charge is 0.315 e. The van der Waals surface area contributed by atoms with Crippen molar-refractivity contribution in [1.82, 2.24) is 20.4 Å². The first-order chi connectivity index (χ1) is 25.2. The molecule has 12 nitrogen and oxygen atoms in total. The lowest BCUT2D eigenvalue weighted by molar-refractivity contribution is -0.153. The molecule has 6 fully saturated rings. The summed E-state index contributed by atoms with van der Waals surface area (Å²) in [6, 6.07) is -2.79. The molecule has 4 saturated carbocycles. The lowest BCUT2D eigenvalue weighted by Crippen LogP contribution is -2.63. The number of nitrogens with two attached hydrogens (primary N) is 1. The largest absolute Gasteiger partial charge is 0.363 e. The number of nitrogens with zero attached hydrogens (tertiary/aromatic N) is 2. The van der Waals surface area contributed by atoms with Gasteiger partial charge in [-0.15, -0.1) is 0 Å². The fraction of sp³-hybridized carbons (Fsp3) is 0.833. The van der Waals surface area contributed by atoms with Crippen LogP contribution >= 0.6 is 0 Å². The van der Waals surface area contributed by atoms with Gasteiger partial charge in [0.1, 0.15) is 6.04 Å². The Morgan fingerprint density at radius 3 is 2.02 bits per heavy atom. The van der Waals surface area contributed by atoms with Gasteiger partial charge in [0, 0.05) is 38.3 Å². The fourth-order valence-corrected chi connectivity index (χ4v) is 10.8. The highest BCUT2D eigenvalue weighted by atomic mass is 16.2.